The van der Waals surface area contributed by atoms with E-state index in [1.54, 1.807) is 6.20 Å². The van der Waals surface area contributed by atoms with Crippen LogP contribution in [0.3, 0.4) is 0 Å². The Morgan fingerprint density at radius 1 is 1.26 bits per heavy atom. The number of rotatable bonds is 5. The number of anilines is 1. The second kappa shape index (κ2) is 11.3. The SMILES string of the molecule is C#N.CC1(N2Cc3cc(N=C(N)c4c(NC5CCCCC5)cc[nH]c4=O)ccc3S2)CCOCC1. The summed E-state index contributed by atoms with van der Waals surface area (Å²) in [5.41, 5.74) is 9.55. The van der Waals surface area contributed by atoms with E-state index in [-0.39, 0.29) is 16.9 Å². The van der Waals surface area contributed by atoms with Crippen molar-refractivity contribution in [2.45, 2.75) is 74.9 Å². The maximum absolute atomic E-state index is 12.7. The maximum atomic E-state index is 12.7. The van der Waals surface area contributed by atoms with Crippen LogP contribution in [0.4, 0.5) is 11.4 Å². The molecule has 2 aliphatic heterocycles. The van der Waals surface area contributed by atoms with Crippen LogP contribution < -0.4 is 16.6 Å². The molecule has 0 unspecified atom stereocenters. The van der Waals surface area contributed by atoms with Crippen molar-refractivity contribution in [3.8, 4) is 6.57 Å². The van der Waals surface area contributed by atoms with Crippen molar-refractivity contribution < 1.29 is 4.74 Å². The lowest BCUT2D eigenvalue weighted by atomic mass is 9.92. The van der Waals surface area contributed by atoms with Crippen molar-refractivity contribution in [3.05, 3.63) is 51.9 Å². The van der Waals surface area contributed by atoms with Gasteiger partial charge in [0.25, 0.3) is 5.56 Å². The molecule has 1 saturated heterocycles. The summed E-state index contributed by atoms with van der Waals surface area (Å²) < 4.78 is 8.05. The lowest BCUT2D eigenvalue weighted by molar-refractivity contribution is 0.0170. The molecule has 1 aromatic heterocycles. The summed E-state index contributed by atoms with van der Waals surface area (Å²) in [6, 6.07) is 8.47. The monoisotopic (exact) mass is 494 g/mol. The third-order valence-corrected chi connectivity index (χ3v) is 8.56. The third kappa shape index (κ3) is 5.72. The Bertz CT molecular complexity index is 1130. The number of aromatic amines is 1. The van der Waals surface area contributed by atoms with Gasteiger partial charge in [-0.1, -0.05) is 19.3 Å². The predicted octanol–water partition coefficient (Wildman–Crippen LogP) is 4.69. The molecule has 9 heteroatoms. The molecule has 0 radical (unpaired) electrons. The fourth-order valence-corrected chi connectivity index (χ4v) is 6.24. The summed E-state index contributed by atoms with van der Waals surface area (Å²) in [5.74, 6) is 0.244. The predicted molar refractivity (Wildman–Crippen MR) is 141 cm³/mol. The van der Waals surface area contributed by atoms with Gasteiger partial charge < -0.3 is 20.8 Å². The second-order valence-electron chi connectivity index (χ2n) is 9.60. The first kappa shape index (κ1) is 25.3. The van der Waals surface area contributed by atoms with Crippen LogP contribution in [0.15, 0.2) is 45.1 Å². The van der Waals surface area contributed by atoms with Crippen molar-refractivity contribution in [1.29, 1.82) is 5.26 Å². The number of hydrogen-bond donors (Lipinski definition) is 3. The largest absolute Gasteiger partial charge is 0.383 e. The zero-order chi connectivity index (χ0) is 24.8. The van der Waals surface area contributed by atoms with Crippen LogP contribution in [0.5, 0.6) is 0 Å². The highest BCUT2D eigenvalue weighted by molar-refractivity contribution is 7.97. The first-order chi connectivity index (χ1) is 17.0. The van der Waals surface area contributed by atoms with Gasteiger partial charge in [-0.25, -0.2) is 14.6 Å². The van der Waals surface area contributed by atoms with E-state index in [9.17, 15) is 4.79 Å². The Balaban J connectivity index is 0.00000141. The molecule has 1 saturated carbocycles. The van der Waals surface area contributed by atoms with Crippen molar-refractivity contribution in [2.24, 2.45) is 10.7 Å². The molecule has 186 valence electrons. The average molecular weight is 495 g/mol. The summed E-state index contributed by atoms with van der Waals surface area (Å²) in [5, 5.41) is 10.0. The van der Waals surface area contributed by atoms with Crippen LogP contribution in [0, 0.1) is 11.8 Å². The normalized spacial score (nSPS) is 20.5. The van der Waals surface area contributed by atoms with E-state index < -0.39 is 0 Å². The van der Waals surface area contributed by atoms with Gasteiger partial charge >= 0.3 is 0 Å². The standard InChI is InChI=1S/C25H33N5O2S.CHN/c1-25(10-13-32-14-11-25)30-16-17-15-19(7-8-21(17)33-30)29-23(26)22-20(9-12-27-24(22)31)28-18-5-3-2-4-6-18;1-2/h7-9,12,15,18H,2-6,10-11,13-14,16H2,1H3,(H2,26,29)(H2,27,28,31);1H. The topological polar surface area (TPSA) is 120 Å². The lowest BCUT2D eigenvalue weighted by Crippen LogP contribution is -2.44. The van der Waals surface area contributed by atoms with Crippen molar-refractivity contribution in [1.82, 2.24) is 9.29 Å². The van der Waals surface area contributed by atoms with Gasteiger partial charge in [0.05, 0.1) is 11.4 Å². The maximum Gasteiger partial charge on any atom is 0.261 e. The van der Waals surface area contributed by atoms with Gasteiger partial charge in [-0.15, -0.1) is 0 Å². The molecule has 1 aliphatic carbocycles. The summed E-state index contributed by atoms with van der Waals surface area (Å²) in [7, 11) is 0. The lowest BCUT2D eigenvalue weighted by Gasteiger charge is -2.40. The number of H-pyrrole nitrogens is 1. The number of nitrogens with one attached hydrogen (secondary N) is 2. The highest BCUT2D eigenvalue weighted by Crippen LogP contribution is 2.45. The molecule has 0 spiro atoms. The molecule has 3 aliphatic rings. The molecular weight excluding hydrogens is 460 g/mol. The van der Waals surface area contributed by atoms with E-state index in [2.05, 4.69) is 45.2 Å². The fourth-order valence-electron chi connectivity index (χ4n) is 5.03. The number of aliphatic imine (C=N–C) groups is 1. The molecule has 2 fully saturated rings. The molecule has 2 aromatic rings. The Morgan fingerprint density at radius 2 is 2.00 bits per heavy atom. The summed E-state index contributed by atoms with van der Waals surface area (Å²) >= 11 is 1.82. The highest BCUT2D eigenvalue weighted by atomic mass is 32.2. The number of nitrogens with two attached hydrogens (primary N) is 1. The molecule has 4 N–H and O–H groups in total. The van der Waals surface area contributed by atoms with E-state index in [0.29, 0.717) is 11.6 Å². The minimum absolute atomic E-state index is 0.140. The van der Waals surface area contributed by atoms with E-state index in [1.165, 1.54) is 29.7 Å². The van der Waals surface area contributed by atoms with Gasteiger partial charge in [-0.2, -0.15) is 0 Å². The Morgan fingerprint density at radius 3 is 2.74 bits per heavy atom. The smallest absolute Gasteiger partial charge is 0.261 e. The number of aromatic nitrogens is 1. The first-order valence-corrected chi connectivity index (χ1v) is 13.0. The Labute approximate surface area is 211 Å². The van der Waals surface area contributed by atoms with Crippen LogP contribution >= 0.6 is 11.9 Å². The third-order valence-electron chi connectivity index (χ3n) is 7.17. The number of hydrogen-bond acceptors (Lipinski definition) is 7. The highest BCUT2D eigenvalue weighted by Gasteiger charge is 2.38. The van der Waals surface area contributed by atoms with E-state index in [4.69, 9.17) is 15.7 Å². The van der Waals surface area contributed by atoms with Crippen LogP contribution in [0.1, 0.15) is 63.0 Å². The molecule has 0 bridgehead atoms. The number of pyridine rings is 1. The number of amidine groups is 1. The molecule has 35 heavy (non-hydrogen) atoms. The van der Waals surface area contributed by atoms with Gasteiger partial charge in [0, 0.05) is 49.0 Å². The Hall–Kier alpha value is -2.80. The average Bonchev–Trinajstić information content (AvgIpc) is 3.31. The van der Waals surface area contributed by atoms with Crippen molar-refractivity contribution >= 4 is 29.2 Å². The van der Waals surface area contributed by atoms with Gasteiger partial charge in [0.15, 0.2) is 0 Å². The summed E-state index contributed by atoms with van der Waals surface area (Å²) in [6.07, 6.45) is 9.71. The van der Waals surface area contributed by atoms with Crippen LogP contribution in [-0.4, -0.2) is 39.9 Å². The van der Waals surface area contributed by atoms with Gasteiger partial charge in [-0.05, 0) is 74.4 Å². The molecule has 5 rings (SSSR count). The minimum atomic E-state index is -0.215. The molecular formula is C26H34N6O2S. The number of benzene rings is 1. The van der Waals surface area contributed by atoms with E-state index in [1.807, 2.05) is 24.1 Å². The van der Waals surface area contributed by atoms with Crippen LogP contribution in [0.25, 0.3) is 0 Å². The number of nitriles is 1. The minimum Gasteiger partial charge on any atom is -0.383 e. The molecule has 1 aromatic carbocycles. The molecule has 0 atom stereocenters. The zero-order valence-corrected chi connectivity index (χ0v) is 21.1. The van der Waals surface area contributed by atoms with Gasteiger partial charge in [0.2, 0.25) is 0 Å². The summed E-state index contributed by atoms with van der Waals surface area (Å²) in [6.45, 7) is 8.34. The van der Waals surface area contributed by atoms with Crippen LogP contribution in [-0.2, 0) is 11.3 Å². The van der Waals surface area contributed by atoms with Gasteiger partial charge in [0.1, 0.15) is 11.4 Å². The van der Waals surface area contributed by atoms with Crippen molar-refractivity contribution in [3.63, 3.8) is 0 Å². The molecule has 3 heterocycles. The zero-order valence-electron chi connectivity index (χ0n) is 20.3. The van der Waals surface area contributed by atoms with E-state index >= 15 is 0 Å². The van der Waals surface area contributed by atoms with Gasteiger partial charge in [-0.3, -0.25) is 4.79 Å². The fraction of sp³-hybridized carbons (Fsp3) is 0.500. The second-order valence-corrected chi connectivity index (χ2v) is 10.7. The van der Waals surface area contributed by atoms with Crippen LogP contribution in [0.2, 0.25) is 0 Å². The molecule has 0 amide bonds. The summed E-state index contributed by atoms with van der Waals surface area (Å²) in [4.78, 5) is 21.4. The quantitative estimate of drug-likeness (QED) is 0.313. The number of nitrogens with zero attached hydrogens (tertiary/aromatic N) is 3. The molecule has 8 nitrogen and oxygen atoms in total. The van der Waals surface area contributed by atoms with E-state index in [0.717, 1.165) is 56.8 Å². The Kier molecular flexibility index (Phi) is 8.16. The number of ether oxygens (including phenoxy) is 1. The van der Waals surface area contributed by atoms with Crippen molar-refractivity contribution in [2.75, 3.05) is 18.5 Å². The first-order valence-electron chi connectivity index (χ1n) is 12.3. The number of fused-ring (bicyclic) bond motifs is 1.